The second-order valence-corrected chi connectivity index (χ2v) is 6.48. The van der Waals surface area contributed by atoms with Crippen molar-refractivity contribution in [1.29, 1.82) is 0 Å². The lowest BCUT2D eigenvalue weighted by atomic mass is 10.0. The van der Waals surface area contributed by atoms with Crippen LogP contribution in [0.25, 0.3) is 0 Å². The molecule has 0 bridgehead atoms. The fraction of sp³-hybridized carbons (Fsp3) is 0.529. The molecule has 0 saturated heterocycles. The van der Waals surface area contributed by atoms with Crippen LogP contribution >= 0.6 is 11.6 Å². The Morgan fingerprint density at radius 1 is 1.18 bits per heavy atom. The fourth-order valence-corrected chi connectivity index (χ4v) is 2.23. The van der Waals surface area contributed by atoms with E-state index in [1.165, 1.54) is 0 Å². The molecule has 1 rings (SSSR count). The van der Waals surface area contributed by atoms with Crippen molar-refractivity contribution in [3.8, 4) is 0 Å². The molecular weight excluding hydrogens is 302 g/mol. The van der Waals surface area contributed by atoms with Gasteiger partial charge >= 0.3 is 5.97 Å². The van der Waals surface area contributed by atoms with Crippen molar-refractivity contribution in [2.75, 3.05) is 13.2 Å². The Balaban J connectivity index is 2.74. The van der Waals surface area contributed by atoms with Crippen molar-refractivity contribution in [1.82, 2.24) is 4.90 Å². The smallest absolute Gasteiger partial charge is 0.305 e. The Hall–Kier alpha value is -1.55. The topological polar surface area (TPSA) is 46.6 Å². The van der Waals surface area contributed by atoms with E-state index in [1.807, 2.05) is 20.8 Å². The second-order valence-electron chi connectivity index (χ2n) is 6.04. The molecular formula is C17H24ClNO3. The quantitative estimate of drug-likeness (QED) is 0.745. The van der Waals surface area contributed by atoms with Crippen molar-refractivity contribution in [3.63, 3.8) is 0 Å². The molecule has 22 heavy (non-hydrogen) atoms. The summed E-state index contributed by atoms with van der Waals surface area (Å²) < 4.78 is 4.91. The van der Waals surface area contributed by atoms with Gasteiger partial charge in [0, 0.05) is 29.1 Å². The highest BCUT2D eigenvalue weighted by Gasteiger charge is 2.27. The van der Waals surface area contributed by atoms with Crippen LogP contribution < -0.4 is 0 Å². The molecule has 0 aliphatic heterocycles. The number of esters is 1. The summed E-state index contributed by atoms with van der Waals surface area (Å²) in [5.74, 6) is -0.289. The summed E-state index contributed by atoms with van der Waals surface area (Å²) in [5.41, 5.74) is 0.265. The van der Waals surface area contributed by atoms with Crippen LogP contribution in [0.1, 0.15) is 50.9 Å². The summed E-state index contributed by atoms with van der Waals surface area (Å²) in [6.07, 6.45) is 0.893. The number of hydrogen-bond acceptors (Lipinski definition) is 3. The highest BCUT2D eigenvalue weighted by atomic mass is 35.5. The molecule has 0 fully saturated rings. The van der Waals surface area contributed by atoms with E-state index in [9.17, 15) is 9.59 Å². The van der Waals surface area contributed by atoms with Gasteiger partial charge in [-0.15, -0.1) is 0 Å². The predicted octanol–water partition coefficient (Wildman–Crippen LogP) is 3.92. The summed E-state index contributed by atoms with van der Waals surface area (Å²) in [7, 11) is 0. The third-order valence-electron chi connectivity index (χ3n) is 3.21. The van der Waals surface area contributed by atoms with E-state index in [0.717, 1.165) is 0 Å². The second kappa shape index (κ2) is 8.18. The van der Waals surface area contributed by atoms with E-state index in [4.69, 9.17) is 16.3 Å². The number of benzene rings is 1. The normalized spacial score (nSPS) is 11.1. The first-order valence-electron chi connectivity index (χ1n) is 7.49. The van der Waals surface area contributed by atoms with Crippen LogP contribution in [0.5, 0.6) is 0 Å². The summed E-state index contributed by atoms with van der Waals surface area (Å²) in [6, 6.07) is 6.84. The molecule has 0 N–H and O–H groups in total. The predicted molar refractivity (Wildman–Crippen MR) is 88.1 cm³/mol. The number of halogens is 1. The lowest BCUT2D eigenvalue weighted by Crippen LogP contribution is -2.46. The van der Waals surface area contributed by atoms with Crippen molar-refractivity contribution >= 4 is 23.5 Å². The Morgan fingerprint density at radius 3 is 2.27 bits per heavy atom. The van der Waals surface area contributed by atoms with Gasteiger partial charge in [-0.1, -0.05) is 11.6 Å². The third kappa shape index (κ3) is 5.68. The minimum absolute atomic E-state index is 0.0620. The number of ether oxygens (including phenoxy) is 1. The lowest BCUT2D eigenvalue weighted by Gasteiger charge is -2.36. The van der Waals surface area contributed by atoms with Crippen LogP contribution in [0.4, 0.5) is 0 Å². The van der Waals surface area contributed by atoms with E-state index in [0.29, 0.717) is 36.6 Å². The SMILES string of the molecule is CCOC(=O)CCCN(C(=O)c1ccc(Cl)cc1)C(C)(C)C. The van der Waals surface area contributed by atoms with Gasteiger partial charge in [0.2, 0.25) is 0 Å². The maximum Gasteiger partial charge on any atom is 0.305 e. The first kappa shape index (κ1) is 18.5. The molecule has 1 amide bonds. The first-order valence-corrected chi connectivity index (χ1v) is 7.86. The van der Waals surface area contributed by atoms with Gasteiger partial charge in [-0.2, -0.15) is 0 Å². The molecule has 0 heterocycles. The molecule has 0 saturated carbocycles. The molecule has 0 atom stereocenters. The van der Waals surface area contributed by atoms with E-state index < -0.39 is 0 Å². The number of carbonyl (C=O) groups excluding carboxylic acids is 2. The molecule has 0 unspecified atom stereocenters. The molecule has 0 spiro atoms. The van der Waals surface area contributed by atoms with Crippen LogP contribution in [0.3, 0.4) is 0 Å². The molecule has 0 aliphatic rings. The zero-order valence-electron chi connectivity index (χ0n) is 13.7. The standard InChI is InChI=1S/C17H24ClNO3/c1-5-22-15(20)7-6-12-19(17(2,3)4)16(21)13-8-10-14(18)11-9-13/h8-11H,5-7,12H2,1-4H3. The van der Waals surface area contributed by atoms with Gasteiger partial charge in [-0.3, -0.25) is 9.59 Å². The van der Waals surface area contributed by atoms with Crippen molar-refractivity contribution in [3.05, 3.63) is 34.9 Å². The van der Waals surface area contributed by atoms with Gasteiger partial charge in [0.1, 0.15) is 0 Å². The fourth-order valence-electron chi connectivity index (χ4n) is 2.10. The number of nitrogens with zero attached hydrogens (tertiary/aromatic N) is 1. The molecule has 1 aromatic carbocycles. The summed E-state index contributed by atoms with van der Waals surface area (Å²) >= 11 is 5.86. The Bertz CT molecular complexity index is 506. The van der Waals surface area contributed by atoms with Crippen LogP contribution in [0.15, 0.2) is 24.3 Å². The molecule has 0 aromatic heterocycles. The van der Waals surface area contributed by atoms with Crippen LogP contribution in [-0.2, 0) is 9.53 Å². The zero-order valence-corrected chi connectivity index (χ0v) is 14.4. The van der Waals surface area contributed by atoms with E-state index in [-0.39, 0.29) is 17.4 Å². The number of hydrogen-bond donors (Lipinski definition) is 0. The zero-order chi connectivity index (χ0) is 16.8. The van der Waals surface area contributed by atoms with Crippen LogP contribution in [0.2, 0.25) is 5.02 Å². The minimum Gasteiger partial charge on any atom is -0.466 e. The Labute approximate surface area is 137 Å². The Kier molecular flexibility index (Phi) is 6.88. The van der Waals surface area contributed by atoms with E-state index in [2.05, 4.69) is 0 Å². The van der Waals surface area contributed by atoms with Gasteiger partial charge < -0.3 is 9.64 Å². The van der Waals surface area contributed by atoms with Crippen LogP contribution in [0, 0.1) is 0 Å². The molecule has 4 nitrogen and oxygen atoms in total. The third-order valence-corrected chi connectivity index (χ3v) is 3.47. The summed E-state index contributed by atoms with van der Waals surface area (Å²) in [6.45, 7) is 8.60. The average Bonchev–Trinajstić information content (AvgIpc) is 2.42. The van der Waals surface area contributed by atoms with Gasteiger partial charge in [0.15, 0.2) is 0 Å². The highest BCUT2D eigenvalue weighted by molar-refractivity contribution is 6.30. The number of rotatable bonds is 6. The maximum atomic E-state index is 12.7. The molecule has 0 aliphatic carbocycles. The summed E-state index contributed by atoms with van der Waals surface area (Å²) in [5, 5.41) is 0.598. The first-order chi connectivity index (χ1) is 10.3. The lowest BCUT2D eigenvalue weighted by molar-refractivity contribution is -0.143. The number of amides is 1. The monoisotopic (exact) mass is 325 g/mol. The molecule has 1 aromatic rings. The average molecular weight is 326 g/mol. The van der Waals surface area contributed by atoms with E-state index >= 15 is 0 Å². The van der Waals surface area contributed by atoms with Gasteiger partial charge in [0.05, 0.1) is 6.61 Å². The van der Waals surface area contributed by atoms with Crippen molar-refractivity contribution in [2.45, 2.75) is 46.1 Å². The van der Waals surface area contributed by atoms with E-state index in [1.54, 1.807) is 36.1 Å². The van der Waals surface area contributed by atoms with Gasteiger partial charge in [0.25, 0.3) is 5.91 Å². The van der Waals surface area contributed by atoms with Crippen LogP contribution in [-0.4, -0.2) is 35.5 Å². The van der Waals surface area contributed by atoms with Crippen molar-refractivity contribution in [2.24, 2.45) is 0 Å². The molecule has 5 heteroatoms. The summed E-state index contributed by atoms with van der Waals surface area (Å²) in [4.78, 5) is 25.9. The minimum atomic E-state index is -0.328. The maximum absolute atomic E-state index is 12.7. The molecule has 0 radical (unpaired) electrons. The van der Waals surface area contributed by atoms with Crippen molar-refractivity contribution < 1.29 is 14.3 Å². The van der Waals surface area contributed by atoms with Gasteiger partial charge in [-0.05, 0) is 58.4 Å². The molecule has 122 valence electrons. The largest absolute Gasteiger partial charge is 0.466 e. The highest BCUT2D eigenvalue weighted by Crippen LogP contribution is 2.19. The Morgan fingerprint density at radius 2 is 1.77 bits per heavy atom. The number of carbonyl (C=O) groups is 2. The van der Waals surface area contributed by atoms with Gasteiger partial charge in [-0.25, -0.2) is 0 Å².